The van der Waals surface area contributed by atoms with Gasteiger partial charge in [0.15, 0.2) is 0 Å². The number of hydrogen-bond donors (Lipinski definition) is 4. The molecule has 0 spiro atoms. The molecule has 2 aromatic rings. The Hall–Kier alpha value is -3.88. The summed E-state index contributed by atoms with van der Waals surface area (Å²) in [6.07, 6.45) is 4.35. The average molecular weight is 469 g/mol. The number of carbonyl (C=O) groups is 3. The molecule has 1 aliphatic rings. The van der Waals surface area contributed by atoms with Crippen LogP contribution in [0.4, 0.5) is 10.1 Å². The van der Waals surface area contributed by atoms with E-state index < -0.39 is 11.8 Å². The second-order valence-electron chi connectivity index (χ2n) is 8.20. The van der Waals surface area contributed by atoms with Crippen LogP contribution >= 0.6 is 0 Å². The van der Waals surface area contributed by atoms with E-state index in [1.165, 1.54) is 19.1 Å². The third-order valence-corrected chi connectivity index (χ3v) is 5.56. The maximum atomic E-state index is 13.7. The maximum absolute atomic E-state index is 13.7. The van der Waals surface area contributed by atoms with Gasteiger partial charge in [0, 0.05) is 53.8 Å². The van der Waals surface area contributed by atoms with Gasteiger partial charge in [0.25, 0.3) is 11.8 Å². The molecule has 2 heterocycles. The molecule has 0 saturated heterocycles. The average Bonchev–Trinajstić information content (AvgIpc) is 3.23. The fraction of sp³-hybridized carbons (Fsp3) is 0.320. The van der Waals surface area contributed by atoms with Crippen LogP contribution in [-0.4, -0.2) is 29.3 Å². The van der Waals surface area contributed by atoms with Crippen LogP contribution in [0.5, 0.6) is 0 Å². The molecule has 0 saturated carbocycles. The van der Waals surface area contributed by atoms with Crippen molar-refractivity contribution in [3.63, 3.8) is 0 Å². The highest BCUT2D eigenvalue weighted by Gasteiger charge is 2.25. The zero-order valence-electron chi connectivity index (χ0n) is 19.6. The molecule has 34 heavy (non-hydrogen) atoms. The van der Waals surface area contributed by atoms with Crippen LogP contribution < -0.4 is 16.1 Å². The van der Waals surface area contributed by atoms with Crippen LogP contribution in [0.3, 0.4) is 0 Å². The van der Waals surface area contributed by atoms with Crippen molar-refractivity contribution in [3.8, 4) is 0 Å². The van der Waals surface area contributed by atoms with Gasteiger partial charge in [0.05, 0.1) is 5.57 Å². The number of anilines is 1. The van der Waals surface area contributed by atoms with Gasteiger partial charge in [-0.2, -0.15) is 5.48 Å². The molecule has 1 aromatic heterocycles. The fourth-order valence-corrected chi connectivity index (χ4v) is 3.91. The van der Waals surface area contributed by atoms with E-state index in [1.807, 2.05) is 13.8 Å². The highest BCUT2D eigenvalue weighted by atomic mass is 19.1. The lowest BCUT2D eigenvalue weighted by Gasteiger charge is -2.11. The highest BCUT2D eigenvalue weighted by molar-refractivity contribution is 6.34. The van der Waals surface area contributed by atoms with Crippen LogP contribution in [0.25, 0.3) is 17.3 Å². The Balaban J connectivity index is 1.57. The number of aromatic amines is 1. The Kier molecular flexibility index (Phi) is 7.88. The molecular weight excluding hydrogens is 439 g/mol. The lowest BCUT2D eigenvalue weighted by molar-refractivity contribution is -0.156. The zero-order chi connectivity index (χ0) is 24.8. The second kappa shape index (κ2) is 10.8. The van der Waals surface area contributed by atoms with Crippen LogP contribution in [0.1, 0.15) is 60.7 Å². The topological polar surface area (TPSA) is 112 Å². The molecule has 0 bridgehead atoms. The van der Waals surface area contributed by atoms with E-state index in [0.717, 1.165) is 41.1 Å². The molecule has 0 atom stereocenters. The summed E-state index contributed by atoms with van der Waals surface area (Å²) in [4.78, 5) is 42.3. The number of carbonyl (C=O) groups excluding carboxylic acids is 3. The number of H-pyrrole nitrogens is 1. The van der Waals surface area contributed by atoms with E-state index in [4.69, 9.17) is 0 Å². The van der Waals surface area contributed by atoms with Gasteiger partial charge in [0.2, 0.25) is 0 Å². The number of benzene rings is 1. The molecule has 0 fully saturated rings. The first-order chi connectivity index (χ1) is 16.2. The smallest absolute Gasteiger partial charge is 0.329 e. The van der Waals surface area contributed by atoms with Gasteiger partial charge in [-0.25, -0.2) is 4.39 Å². The number of aromatic nitrogens is 1. The van der Waals surface area contributed by atoms with E-state index in [1.54, 1.807) is 12.1 Å². The number of unbranched alkanes of at least 4 members (excludes halogenated alkanes) is 2. The first-order valence-corrected chi connectivity index (χ1v) is 11.1. The molecule has 3 rings (SSSR count). The number of fused-ring (bicyclic) bond motifs is 1. The van der Waals surface area contributed by atoms with Crippen molar-refractivity contribution >= 4 is 40.8 Å². The summed E-state index contributed by atoms with van der Waals surface area (Å²) in [5.41, 5.74) is 7.92. The normalized spacial score (nSPS) is 13.4. The second-order valence-corrected chi connectivity index (χ2v) is 8.20. The maximum Gasteiger partial charge on any atom is 0.329 e. The van der Waals surface area contributed by atoms with E-state index >= 15 is 0 Å². The van der Waals surface area contributed by atoms with Gasteiger partial charge in [-0.1, -0.05) is 13.0 Å². The molecule has 8 nitrogen and oxygen atoms in total. The summed E-state index contributed by atoms with van der Waals surface area (Å²) in [6.45, 7) is 9.92. The number of aryl methyl sites for hydroxylation is 1. The fourth-order valence-electron chi connectivity index (χ4n) is 3.91. The third-order valence-electron chi connectivity index (χ3n) is 5.56. The quantitative estimate of drug-likeness (QED) is 0.253. The number of nitrogens with one attached hydrogen (secondary N) is 4. The summed E-state index contributed by atoms with van der Waals surface area (Å²) in [5.74, 6) is -1.55. The number of hydrogen-bond acceptors (Lipinski definition) is 5. The summed E-state index contributed by atoms with van der Waals surface area (Å²) in [5, 5.41) is 6.07. The molecule has 0 radical (unpaired) electrons. The standard InChI is InChI=1S/C25H29FN4O4/c1-14-22(13-20-19-12-18(26)9-10-21(19)29-25(20)33)28-16(3)24(14)15(2)27-11-7-5-6-8-23(32)30-34-17(4)31/h9-10,12-13,27-28H,2,5-8,11H2,1,3-4H3,(H,29,33)(H,30,32)/b20-13-. The van der Waals surface area contributed by atoms with Crippen LogP contribution in [0, 0.1) is 19.7 Å². The van der Waals surface area contributed by atoms with Crippen molar-refractivity contribution in [1.29, 1.82) is 0 Å². The summed E-state index contributed by atoms with van der Waals surface area (Å²) in [7, 11) is 0. The molecule has 4 N–H and O–H groups in total. The van der Waals surface area contributed by atoms with E-state index in [0.29, 0.717) is 29.8 Å². The van der Waals surface area contributed by atoms with Crippen molar-refractivity contribution in [1.82, 2.24) is 15.8 Å². The van der Waals surface area contributed by atoms with E-state index in [9.17, 15) is 18.8 Å². The van der Waals surface area contributed by atoms with Crippen molar-refractivity contribution in [2.24, 2.45) is 0 Å². The Morgan fingerprint density at radius 2 is 1.97 bits per heavy atom. The Bertz CT molecular complexity index is 1170. The van der Waals surface area contributed by atoms with Gasteiger partial charge in [-0.15, -0.1) is 0 Å². The van der Waals surface area contributed by atoms with Crippen molar-refractivity contribution in [3.05, 3.63) is 58.7 Å². The predicted octanol–water partition coefficient (Wildman–Crippen LogP) is 3.98. The minimum Gasteiger partial charge on any atom is -0.385 e. The summed E-state index contributed by atoms with van der Waals surface area (Å²) < 4.78 is 13.7. The molecule has 0 aliphatic carbocycles. The summed E-state index contributed by atoms with van der Waals surface area (Å²) >= 11 is 0. The Morgan fingerprint density at radius 1 is 1.21 bits per heavy atom. The molecule has 180 valence electrons. The first kappa shape index (κ1) is 24.8. The third kappa shape index (κ3) is 5.92. The number of rotatable bonds is 9. The van der Waals surface area contributed by atoms with Gasteiger partial charge < -0.3 is 20.5 Å². The van der Waals surface area contributed by atoms with Crippen LogP contribution in [0.2, 0.25) is 0 Å². The Morgan fingerprint density at radius 3 is 2.71 bits per heavy atom. The summed E-state index contributed by atoms with van der Waals surface area (Å²) in [6, 6.07) is 4.23. The molecule has 1 aromatic carbocycles. The Labute approximate surface area is 197 Å². The minimum atomic E-state index is -0.559. The van der Waals surface area contributed by atoms with Gasteiger partial charge >= 0.3 is 5.97 Å². The molecule has 0 unspecified atom stereocenters. The lowest BCUT2D eigenvalue weighted by atomic mass is 10.0. The molecule has 2 amide bonds. The zero-order valence-corrected chi connectivity index (χ0v) is 19.6. The largest absolute Gasteiger partial charge is 0.385 e. The van der Waals surface area contributed by atoms with Crippen molar-refractivity contribution < 1.29 is 23.6 Å². The predicted molar refractivity (Wildman–Crippen MR) is 129 cm³/mol. The highest BCUT2D eigenvalue weighted by Crippen LogP contribution is 2.35. The number of halogens is 1. The molecule has 1 aliphatic heterocycles. The van der Waals surface area contributed by atoms with Crippen LogP contribution in [0.15, 0.2) is 24.8 Å². The number of hydroxylamine groups is 1. The van der Waals surface area contributed by atoms with Crippen molar-refractivity contribution in [2.45, 2.75) is 46.5 Å². The van der Waals surface area contributed by atoms with Gasteiger partial charge in [-0.3, -0.25) is 14.4 Å². The molecule has 9 heteroatoms. The van der Waals surface area contributed by atoms with E-state index in [2.05, 4.69) is 32.5 Å². The van der Waals surface area contributed by atoms with Crippen LogP contribution in [-0.2, 0) is 19.2 Å². The van der Waals surface area contributed by atoms with E-state index in [-0.39, 0.29) is 18.2 Å². The monoisotopic (exact) mass is 468 g/mol. The van der Waals surface area contributed by atoms with Gasteiger partial charge in [0.1, 0.15) is 5.82 Å². The SMILES string of the molecule is C=C(NCCCCCC(=O)NOC(C)=O)c1c(C)[nH]c(/C=C2\C(=O)Nc3ccc(F)cc32)c1C. The molecular formula is C25H29FN4O4. The van der Waals surface area contributed by atoms with Gasteiger partial charge in [-0.05, 0) is 56.5 Å². The minimum absolute atomic E-state index is 0.271. The number of amides is 2. The van der Waals surface area contributed by atoms with Crippen molar-refractivity contribution in [2.75, 3.05) is 11.9 Å². The first-order valence-electron chi connectivity index (χ1n) is 11.1. The lowest BCUT2D eigenvalue weighted by Crippen LogP contribution is -2.25.